The second kappa shape index (κ2) is 10.7. The van der Waals surface area contributed by atoms with Crippen molar-refractivity contribution in [3.63, 3.8) is 0 Å². The smallest absolute Gasteiger partial charge is 0.319 e. The Bertz CT molecular complexity index is 823. The van der Waals surface area contributed by atoms with Crippen LogP contribution in [0.25, 0.3) is 0 Å². The van der Waals surface area contributed by atoms with E-state index in [0.717, 1.165) is 35.7 Å². The van der Waals surface area contributed by atoms with Crippen molar-refractivity contribution in [2.45, 2.75) is 19.9 Å². The topological polar surface area (TPSA) is 83.6 Å². The van der Waals surface area contributed by atoms with E-state index in [9.17, 15) is 9.59 Å². The van der Waals surface area contributed by atoms with Crippen LogP contribution in [-0.4, -0.2) is 53.0 Å². The van der Waals surface area contributed by atoms with Gasteiger partial charge < -0.3 is 20.3 Å². The average molecular weight is 415 g/mol. The summed E-state index contributed by atoms with van der Waals surface area (Å²) in [4.78, 5) is 30.6. The molecule has 3 amide bonds. The molecule has 2 aromatic rings. The minimum Gasteiger partial charge on any atom is -0.478 e. The SMILES string of the molecule is CCOc1ncccc1CNC(=O)Nc1ccc(CC(=O)N2CCSCC2)cc1. The number of thioether (sulfide) groups is 1. The molecule has 1 saturated heterocycles. The number of hydrogen-bond acceptors (Lipinski definition) is 5. The average Bonchev–Trinajstić information content (AvgIpc) is 2.75. The molecule has 0 saturated carbocycles. The van der Waals surface area contributed by atoms with Crippen LogP contribution in [0.15, 0.2) is 42.6 Å². The number of anilines is 1. The fraction of sp³-hybridized carbons (Fsp3) is 0.381. The zero-order valence-electron chi connectivity index (χ0n) is 16.5. The second-order valence-electron chi connectivity index (χ2n) is 6.58. The Labute approximate surface area is 175 Å². The van der Waals surface area contributed by atoms with E-state index in [1.165, 1.54) is 0 Å². The Morgan fingerprint density at radius 2 is 1.93 bits per heavy atom. The minimum atomic E-state index is -0.314. The van der Waals surface area contributed by atoms with Crippen LogP contribution in [-0.2, 0) is 17.8 Å². The van der Waals surface area contributed by atoms with Crippen LogP contribution in [0.1, 0.15) is 18.1 Å². The number of carbonyl (C=O) groups is 2. The lowest BCUT2D eigenvalue weighted by atomic mass is 10.1. The maximum atomic E-state index is 12.3. The van der Waals surface area contributed by atoms with Crippen molar-refractivity contribution in [2.24, 2.45) is 0 Å². The Morgan fingerprint density at radius 3 is 2.66 bits per heavy atom. The number of urea groups is 1. The molecule has 1 aromatic heterocycles. The fourth-order valence-electron chi connectivity index (χ4n) is 2.98. The van der Waals surface area contributed by atoms with Crippen LogP contribution in [0.4, 0.5) is 10.5 Å². The third-order valence-electron chi connectivity index (χ3n) is 4.50. The Morgan fingerprint density at radius 1 is 1.17 bits per heavy atom. The van der Waals surface area contributed by atoms with Gasteiger partial charge in [0, 0.05) is 48.6 Å². The number of nitrogens with zero attached hydrogens (tertiary/aromatic N) is 2. The molecule has 2 heterocycles. The predicted octanol–water partition coefficient (Wildman–Crippen LogP) is 2.92. The third kappa shape index (κ3) is 6.39. The van der Waals surface area contributed by atoms with Gasteiger partial charge in [-0.25, -0.2) is 9.78 Å². The first-order chi connectivity index (χ1) is 14.2. The quantitative estimate of drug-likeness (QED) is 0.728. The molecule has 8 heteroatoms. The van der Waals surface area contributed by atoms with E-state index in [0.29, 0.717) is 31.1 Å². The summed E-state index contributed by atoms with van der Waals surface area (Å²) in [6.07, 6.45) is 2.05. The standard InChI is InChI=1S/C21H26N4O3S/c1-2-28-20-17(4-3-9-22-20)15-23-21(27)24-18-7-5-16(6-8-18)14-19(26)25-10-12-29-13-11-25/h3-9H,2,10-15H2,1H3,(H2,23,24,27). The maximum Gasteiger partial charge on any atom is 0.319 e. The monoisotopic (exact) mass is 414 g/mol. The number of carbonyl (C=O) groups excluding carboxylic acids is 2. The lowest BCUT2D eigenvalue weighted by Crippen LogP contribution is -2.38. The van der Waals surface area contributed by atoms with E-state index in [1.807, 2.05) is 53.9 Å². The number of ether oxygens (including phenoxy) is 1. The summed E-state index contributed by atoms with van der Waals surface area (Å²) < 4.78 is 5.46. The van der Waals surface area contributed by atoms with Crippen LogP contribution in [0, 0.1) is 0 Å². The number of aromatic nitrogens is 1. The summed E-state index contributed by atoms with van der Waals surface area (Å²) in [5, 5.41) is 5.60. The third-order valence-corrected chi connectivity index (χ3v) is 5.44. The lowest BCUT2D eigenvalue weighted by Gasteiger charge is -2.26. The predicted molar refractivity (Wildman–Crippen MR) is 115 cm³/mol. The minimum absolute atomic E-state index is 0.158. The highest BCUT2D eigenvalue weighted by atomic mass is 32.2. The molecule has 1 aromatic carbocycles. The molecule has 3 rings (SSSR count). The highest BCUT2D eigenvalue weighted by molar-refractivity contribution is 7.99. The summed E-state index contributed by atoms with van der Waals surface area (Å²) in [5.41, 5.74) is 2.43. The second-order valence-corrected chi connectivity index (χ2v) is 7.80. The molecule has 0 radical (unpaired) electrons. The molecule has 1 fully saturated rings. The summed E-state index contributed by atoms with van der Waals surface area (Å²) in [6.45, 7) is 4.37. The van der Waals surface area contributed by atoms with E-state index in [-0.39, 0.29) is 11.9 Å². The van der Waals surface area contributed by atoms with Crippen molar-refractivity contribution in [1.82, 2.24) is 15.2 Å². The number of benzene rings is 1. The Balaban J connectivity index is 1.48. The van der Waals surface area contributed by atoms with Crippen molar-refractivity contribution in [1.29, 1.82) is 0 Å². The molecule has 0 unspecified atom stereocenters. The Kier molecular flexibility index (Phi) is 7.75. The fourth-order valence-corrected chi connectivity index (χ4v) is 3.88. The van der Waals surface area contributed by atoms with Gasteiger partial charge in [0.1, 0.15) is 0 Å². The van der Waals surface area contributed by atoms with E-state index in [1.54, 1.807) is 12.3 Å². The number of nitrogens with one attached hydrogen (secondary N) is 2. The van der Waals surface area contributed by atoms with Gasteiger partial charge in [-0.3, -0.25) is 4.79 Å². The van der Waals surface area contributed by atoms with Crippen molar-refractivity contribution < 1.29 is 14.3 Å². The molecule has 154 valence electrons. The molecule has 7 nitrogen and oxygen atoms in total. The van der Waals surface area contributed by atoms with Gasteiger partial charge in [0.2, 0.25) is 11.8 Å². The molecule has 1 aliphatic heterocycles. The van der Waals surface area contributed by atoms with Crippen molar-refractivity contribution in [2.75, 3.05) is 36.5 Å². The molecule has 0 bridgehead atoms. The largest absolute Gasteiger partial charge is 0.478 e. The van der Waals surface area contributed by atoms with Gasteiger partial charge in [0.05, 0.1) is 13.0 Å². The van der Waals surface area contributed by atoms with Gasteiger partial charge in [-0.05, 0) is 30.7 Å². The van der Waals surface area contributed by atoms with E-state index in [4.69, 9.17) is 4.74 Å². The maximum absolute atomic E-state index is 12.3. The van der Waals surface area contributed by atoms with Gasteiger partial charge in [0.25, 0.3) is 0 Å². The first kappa shape index (κ1) is 21.0. The molecular weight excluding hydrogens is 388 g/mol. The van der Waals surface area contributed by atoms with Gasteiger partial charge in [-0.15, -0.1) is 0 Å². The number of rotatable bonds is 7. The van der Waals surface area contributed by atoms with Crippen molar-refractivity contribution in [3.05, 3.63) is 53.7 Å². The normalized spacial score (nSPS) is 13.6. The number of pyridine rings is 1. The van der Waals surface area contributed by atoms with E-state index < -0.39 is 0 Å². The summed E-state index contributed by atoms with van der Waals surface area (Å²) in [7, 11) is 0. The summed E-state index contributed by atoms with van der Waals surface area (Å²) in [5.74, 6) is 2.70. The van der Waals surface area contributed by atoms with Gasteiger partial charge in [-0.1, -0.05) is 18.2 Å². The summed E-state index contributed by atoms with van der Waals surface area (Å²) in [6, 6.07) is 10.7. The molecule has 29 heavy (non-hydrogen) atoms. The van der Waals surface area contributed by atoms with Crippen LogP contribution < -0.4 is 15.4 Å². The van der Waals surface area contributed by atoms with Crippen LogP contribution in [0.3, 0.4) is 0 Å². The first-order valence-electron chi connectivity index (χ1n) is 9.71. The van der Waals surface area contributed by atoms with Gasteiger partial charge in [-0.2, -0.15) is 11.8 Å². The van der Waals surface area contributed by atoms with Crippen LogP contribution in [0.2, 0.25) is 0 Å². The van der Waals surface area contributed by atoms with E-state index >= 15 is 0 Å². The highest BCUT2D eigenvalue weighted by Crippen LogP contribution is 2.15. The van der Waals surface area contributed by atoms with Crippen molar-refractivity contribution >= 4 is 29.4 Å². The van der Waals surface area contributed by atoms with E-state index in [2.05, 4.69) is 15.6 Å². The molecular formula is C21H26N4O3S. The van der Waals surface area contributed by atoms with Crippen LogP contribution >= 0.6 is 11.8 Å². The van der Waals surface area contributed by atoms with Gasteiger partial charge >= 0.3 is 6.03 Å². The molecule has 0 spiro atoms. The highest BCUT2D eigenvalue weighted by Gasteiger charge is 2.16. The summed E-state index contributed by atoms with van der Waals surface area (Å²) >= 11 is 1.89. The molecule has 0 aliphatic carbocycles. The van der Waals surface area contributed by atoms with Crippen LogP contribution in [0.5, 0.6) is 5.88 Å². The molecule has 0 atom stereocenters. The zero-order chi connectivity index (χ0) is 20.5. The number of amides is 3. The molecule has 1 aliphatic rings. The molecule has 2 N–H and O–H groups in total. The zero-order valence-corrected chi connectivity index (χ0v) is 17.3. The van der Waals surface area contributed by atoms with Crippen molar-refractivity contribution in [3.8, 4) is 5.88 Å². The number of hydrogen-bond donors (Lipinski definition) is 2. The first-order valence-corrected chi connectivity index (χ1v) is 10.9. The lowest BCUT2D eigenvalue weighted by molar-refractivity contribution is -0.130. The van der Waals surface area contributed by atoms with Gasteiger partial charge in [0.15, 0.2) is 0 Å². The Hall–Kier alpha value is -2.74.